The molecule has 4 N–H and O–H groups in total. The number of methoxy groups -OCH3 is 2. The average molecular weight is 512 g/mol. The van der Waals surface area contributed by atoms with Gasteiger partial charge in [-0.05, 0) is 68.0 Å². The van der Waals surface area contributed by atoms with Crippen LogP contribution >= 0.6 is 0 Å². The molecule has 198 valence electrons. The van der Waals surface area contributed by atoms with Crippen molar-refractivity contribution in [2.75, 3.05) is 26.1 Å². The molecule has 8 heteroatoms. The molecular formula is C29H35F2N3O3. The molecule has 0 bridgehead atoms. The van der Waals surface area contributed by atoms with E-state index >= 15 is 0 Å². The molecule has 2 atom stereocenters. The lowest BCUT2D eigenvalue weighted by Gasteiger charge is -2.40. The van der Waals surface area contributed by atoms with E-state index in [1.807, 2.05) is 30.4 Å². The summed E-state index contributed by atoms with van der Waals surface area (Å²) in [5, 5.41) is 6.93. The Morgan fingerprint density at radius 1 is 1.22 bits per heavy atom. The molecule has 1 fully saturated rings. The fraction of sp³-hybridized carbons (Fsp3) is 0.414. The summed E-state index contributed by atoms with van der Waals surface area (Å²) in [6, 6.07) is 9.20. The van der Waals surface area contributed by atoms with E-state index in [-0.39, 0.29) is 17.6 Å². The Labute approximate surface area is 216 Å². The number of fused-ring (bicyclic) bond motifs is 1. The molecule has 1 aliphatic heterocycles. The van der Waals surface area contributed by atoms with Crippen molar-refractivity contribution in [2.24, 2.45) is 11.7 Å². The second-order valence-corrected chi connectivity index (χ2v) is 9.77. The van der Waals surface area contributed by atoms with Crippen molar-refractivity contribution in [2.45, 2.75) is 49.9 Å². The molecule has 37 heavy (non-hydrogen) atoms. The monoisotopic (exact) mass is 511 g/mol. The fourth-order valence-corrected chi connectivity index (χ4v) is 5.28. The highest BCUT2D eigenvalue weighted by Crippen LogP contribution is 2.36. The number of rotatable bonds is 9. The van der Waals surface area contributed by atoms with Crippen LogP contribution in [0.3, 0.4) is 0 Å². The van der Waals surface area contributed by atoms with Crippen LogP contribution in [0.5, 0.6) is 0 Å². The van der Waals surface area contributed by atoms with Crippen molar-refractivity contribution in [1.82, 2.24) is 5.32 Å². The molecule has 2 aromatic carbocycles. The number of anilines is 1. The predicted molar refractivity (Wildman–Crippen MR) is 142 cm³/mol. The maximum atomic E-state index is 13.7. The second kappa shape index (κ2) is 12.0. The van der Waals surface area contributed by atoms with Crippen LogP contribution in [-0.2, 0) is 9.47 Å². The number of esters is 1. The third kappa shape index (κ3) is 6.44. The van der Waals surface area contributed by atoms with Crippen LogP contribution in [0.4, 0.5) is 14.5 Å². The van der Waals surface area contributed by atoms with E-state index in [0.717, 1.165) is 49.1 Å². The van der Waals surface area contributed by atoms with Gasteiger partial charge in [0.05, 0.1) is 12.7 Å². The Morgan fingerprint density at radius 2 is 2.00 bits per heavy atom. The highest BCUT2D eigenvalue weighted by Gasteiger charge is 2.36. The Morgan fingerprint density at radius 3 is 2.73 bits per heavy atom. The minimum absolute atomic E-state index is 0.0702. The number of hydrogen-bond donors (Lipinski definition) is 3. The first-order valence-electron chi connectivity index (χ1n) is 12.7. The maximum Gasteiger partial charge on any atom is 0.338 e. The van der Waals surface area contributed by atoms with Crippen molar-refractivity contribution in [3.8, 4) is 0 Å². The number of halogens is 2. The molecule has 0 saturated heterocycles. The van der Waals surface area contributed by atoms with Gasteiger partial charge in [-0.15, -0.1) is 0 Å². The number of carbonyl (C=O) groups is 1. The SMILES string of the molecule is COC(=O)c1cccc2c1C=CC(C[C@@H](N)[C@H]1CC[C@H](NC/C=C/c3cc(F)ccc3F)CC1)(OC)N2. The topological polar surface area (TPSA) is 85.6 Å². The number of hydrogen-bond acceptors (Lipinski definition) is 6. The van der Waals surface area contributed by atoms with Crippen LogP contribution in [0.2, 0.25) is 0 Å². The largest absolute Gasteiger partial charge is 0.465 e. The van der Waals surface area contributed by atoms with Crippen LogP contribution in [0, 0.1) is 17.6 Å². The lowest BCUT2D eigenvalue weighted by Crippen LogP contribution is -2.48. The van der Waals surface area contributed by atoms with E-state index < -0.39 is 17.4 Å². The number of carbonyl (C=O) groups excluding carboxylic acids is 1. The van der Waals surface area contributed by atoms with Gasteiger partial charge in [0.1, 0.15) is 11.6 Å². The van der Waals surface area contributed by atoms with Gasteiger partial charge < -0.3 is 25.8 Å². The van der Waals surface area contributed by atoms with Gasteiger partial charge in [-0.25, -0.2) is 13.6 Å². The highest BCUT2D eigenvalue weighted by atomic mass is 19.1. The molecular weight excluding hydrogens is 476 g/mol. The molecule has 2 aliphatic rings. The lowest BCUT2D eigenvalue weighted by molar-refractivity contribution is 0.0355. The second-order valence-electron chi connectivity index (χ2n) is 9.77. The summed E-state index contributed by atoms with van der Waals surface area (Å²) in [5.74, 6) is -0.907. The maximum absolute atomic E-state index is 13.7. The van der Waals surface area contributed by atoms with E-state index in [9.17, 15) is 13.6 Å². The summed E-state index contributed by atoms with van der Waals surface area (Å²) < 4.78 is 37.9. The number of nitrogens with two attached hydrogens (primary N) is 1. The zero-order chi connectivity index (χ0) is 26.4. The van der Waals surface area contributed by atoms with Gasteiger partial charge in [-0.2, -0.15) is 0 Å². The van der Waals surface area contributed by atoms with Crippen molar-refractivity contribution >= 4 is 23.8 Å². The first-order valence-corrected chi connectivity index (χ1v) is 12.7. The molecule has 1 saturated carbocycles. The first-order chi connectivity index (χ1) is 17.8. The smallest absolute Gasteiger partial charge is 0.338 e. The Hall–Kier alpha value is -3.07. The number of ether oxygens (including phenoxy) is 2. The summed E-state index contributed by atoms with van der Waals surface area (Å²) in [4.78, 5) is 12.1. The first kappa shape index (κ1) is 27.0. The van der Waals surface area contributed by atoms with Crippen LogP contribution in [0.15, 0.2) is 48.6 Å². The van der Waals surface area contributed by atoms with E-state index in [0.29, 0.717) is 30.5 Å². The van der Waals surface area contributed by atoms with Crippen molar-refractivity contribution in [1.29, 1.82) is 0 Å². The van der Waals surface area contributed by atoms with Crippen LogP contribution < -0.4 is 16.4 Å². The summed E-state index contributed by atoms with van der Waals surface area (Å²) in [7, 11) is 3.03. The summed E-state index contributed by atoms with van der Waals surface area (Å²) in [6.45, 7) is 0.589. The molecule has 1 aliphatic carbocycles. The highest BCUT2D eigenvalue weighted by molar-refractivity contribution is 5.97. The van der Waals surface area contributed by atoms with E-state index in [2.05, 4.69) is 10.6 Å². The fourth-order valence-electron chi connectivity index (χ4n) is 5.28. The van der Waals surface area contributed by atoms with E-state index in [1.54, 1.807) is 19.3 Å². The average Bonchev–Trinajstić information content (AvgIpc) is 2.92. The number of nitrogens with one attached hydrogen (secondary N) is 2. The molecule has 1 heterocycles. The normalized spacial score (nSPS) is 23.9. The molecule has 0 aromatic heterocycles. The summed E-state index contributed by atoms with van der Waals surface area (Å²) >= 11 is 0. The molecule has 0 spiro atoms. The zero-order valence-corrected chi connectivity index (χ0v) is 21.3. The minimum atomic E-state index is -0.757. The van der Waals surface area contributed by atoms with Gasteiger partial charge in [0.2, 0.25) is 0 Å². The third-order valence-corrected chi connectivity index (χ3v) is 7.44. The lowest BCUT2D eigenvalue weighted by atomic mass is 9.79. The molecule has 0 amide bonds. The Kier molecular flexibility index (Phi) is 8.74. The molecule has 0 radical (unpaired) electrons. The zero-order valence-electron chi connectivity index (χ0n) is 21.3. The third-order valence-electron chi connectivity index (χ3n) is 7.44. The molecule has 4 rings (SSSR count). The predicted octanol–water partition coefficient (Wildman–Crippen LogP) is 5.11. The van der Waals surface area contributed by atoms with Crippen LogP contribution in [0.1, 0.15) is 53.6 Å². The van der Waals surface area contributed by atoms with Crippen molar-refractivity contribution in [3.05, 3.63) is 76.9 Å². The molecule has 1 unspecified atom stereocenters. The quantitative estimate of drug-likeness (QED) is 0.406. The van der Waals surface area contributed by atoms with Crippen molar-refractivity contribution < 1.29 is 23.0 Å². The Balaban J connectivity index is 1.28. The van der Waals surface area contributed by atoms with Gasteiger partial charge in [0.15, 0.2) is 5.72 Å². The molecule has 2 aromatic rings. The summed E-state index contributed by atoms with van der Waals surface area (Å²) in [6.07, 6.45) is 11.8. The van der Waals surface area contributed by atoms with Crippen LogP contribution in [0.25, 0.3) is 12.2 Å². The Bertz CT molecular complexity index is 1160. The van der Waals surface area contributed by atoms with Gasteiger partial charge in [-0.3, -0.25) is 0 Å². The molecule has 6 nitrogen and oxygen atoms in total. The standard InChI is InChI=1S/C29H35F2N3O3/c1-36-28(35)24-6-3-7-27-23(24)14-15-29(34-27,37-2)18-26(32)19-8-11-22(12-9-19)33-16-4-5-20-17-21(30)10-13-25(20)31/h3-7,10,13-15,17,19,22,26,33-34H,8-9,11-12,16,18,32H2,1-2H3/b5-4+/t19-,22-,26-,29?/m1/s1. The van der Waals surface area contributed by atoms with Crippen molar-refractivity contribution in [3.63, 3.8) is 0 Å². The van der Waals surface area contributed by atoms with Crippen LogP contribution in [-0.4, -0.2) is 44.5 Å². The van der Waals surface area contributed by atoms with Gasteiger partial charge in [-0.1, -0.05) is 24.3 Å². The van der Waals surface area contributed by atoms with Gasteiger partial charge in [0, 0.05) is 49.0 Å². The van der Waals surface area contributed by atoms with E-state index in [4.69, 9.17) is 15.2 Å². The number of benzene rings is 2. The summed E-state index contributed by atoms with van der Waals surface area (Å²) in [5.41, 5.74) is 8.26. The van der Waals surface area contributed by atoms with Gasteiger partial charge >= 0.3 is 5.97 Å². The van der Waals surface area contributed by atoms with Gasteiger partial charge in [0.25, 0.3) is 0 Å². The minimum Gasteiger partial charge on any atom is -0.465 e. The van der Waals surface area contributed by atoms with E-state index in [1.165, 1.54) is 13.2 Å².